The molecule has 1 aliphatic rings. The molecule has 1 amide bonds. The minimum absolute atomic E-state index is 0.00927. The summed E-state index contributed by atoms with van der Waals surface area (Å²) in [6.45, 7) is 5.11. The van der Waals surface area contributed by atoms with Gasteiger partial charge in [0, 0.05) is 24.9 Å². The molecular formula is C15H18N2O3. The Labute approximate surface area is 117 Å². The molecule has 1 atom stereocenters. The number of nitrogens with zero attached hydrogens (tertiary/aromatic N) is 1. The molecule has 20 heavy (non-hydrogen) atoms. The number of aryl methyl sites for hydroxylation is 1. The van der Waals surface area contributed by atoms with Crippen LogP contribution >= 0.6 is 0 Å². The predicted molar refractivity (Wildman–Crippen MR) is 77.7 cm³/mol. The fourth-order valence-corrected chi connectivity index (χ4v) is 2.34. The summed E-state index contributed by atoms with van der Waals surface area (Å²) in [6.07, 6.45) is 2.69. The van der Waals surface area contributed by atoms with E-state index in [2.05, 4.69) is 5.32 Å². The molecule has 0 aliphatic carbocycles. The summed E-state index contributed by atoms with van der Waals surface area (Å²) in [5, 5.41) is 11.6. The van der Waals surface area contributed by atoms with Gasteiger partial charge in [0.1, 0.15) is 6.04 Å². The normalized spacial score (nSPS) is 19.2. The van der Waals surface area contributed by atoms with Gasteiger partial charge >= 0.3 is 5.97 Å². The Hall–Kier alpha value is -2.30. The average Bonchev–Trinajstić information content (AvgIpc) is 2.40. The Morgan fingerprint density at radius 2 is 2.25 bits per heavy atom. The van der Waals surface area contributed by atoms with E-state index in [0.717, 1.165) is 22.9 Å². The second-order valence-corrected chi connectivity index (χ2v) is 4.89. The van der Waals surface area contributed by atoms with Gasteiger partial charge in [0.25, 0.3) is 0 Å². The molecule has 0 aromatic heterocycles. The third kappa shape index (κ3) is 2.99. The van der Waals surface area contributed by atoms with Crippen LogP contribution in [0.2, 0.25) is 0 Å². The zero-order chi connectivity index (χ0) is 14.7. The van der Waals surface area contributed by atoms with E-state index in [1.165, 1.54) is 0 Å². The lowest BCUT2D eigenvalue weighted by Gasteiger charge is -2.35. The minimum Gasteiger partial charge on any atom is -0.478 e. The van der Waals surface area contributed by atoms with Gasteiger partial charge in [-0.1, -0.05) is 11.6 Å². The quantitative estimate of drug-likeness (QED) is 0.818. The largest absolute Gasteiger partial charge is 0.478 e. The van der Waals surface area contributed by atoms with Crippen molar-refractivity contribution in [2.45, 2.75) is 19.9 Å². The molecule has 1 fully saturated rings. The minimum atomic E-state index is -0.984. The number of hydrogen-bond donors (Lipinski definition) is 2. The summed E-state index contributed by atoms with van der Waals surface area (Å²) < 4.78 is 0. The summed E-state index contributed by atoms with van der Waals surface area (Å²) >= 11 is 0. The van der Waals surface area contributed by atoms with Gasteiger partial charge in [-0.15, -0.1) is 0 Å². The molecule has 0 saturated carbocycles. The van der Waals surface area contributed by atoms with E-state index in [-0.39, 0.29) is 11.9 Å². The number of nitrogens with one attached hydrogen (secondary N) is 1. The van der Waals surface area contributed by atoms with Gasteiger partial charge in [-0.2, -0.15) is 0 Å². The number of carboxylic acid groups (broad SMARTS) is 1. The maximum atomic E-state index is 11.8. The third-order valence-electron chi connectivity index (χ3n) is 3.40. The topological polar surface area (TPSA) is 69.6 Å². The van der Waals surface area contributed by atoms with Crippen LogP contribution in [0.5, 0.6) is 0 Å². The summed E-state index contributed by atoms with van der Waals surface area (Å²) in [7, 11) is 0. The lowest BCUT2D eigenvalue weighted by Crippen LogP contribution is -2.54. The molecule has 5 nitrogen and oxygen atoms in total. The van der Waals surface area contributed by atoms with Crippen molar-refractivity contribution < 1.29 is 14.7 Å². The molecule has 5 heteroatoms. The highest BCUT2D eigenvalue weighted by Gasteiger charge is 2.26. The van der Waals surface area contributed by atoms with Gasteiger partial charge in [0.05, 0.1) is 0 Å². The number of aliphatic carboxylic acids is 1. The number of carbonyl (C=O) groups excluding carboxylic acids is 1. The van der Waals surface area contributed by atoms with E-state index in [4.69, 9.17) is 5.11 Å². The highest BCUT2D eigenvalue weighted by Crippen LogP contribution is 2.26. The number of benzene rings is 1. The van der Waals surface area contributed by atoms with Crippen molar-refractivity contribution in [3.05, 3.63) is 35.4 Å². The molecular weight excluding hydrogens is 256 g/mol. The fourth-order valence-electron chi connectivity index (χ4n) is 2.34. The lowest BCUT2D eigenvalue weighted by molar-refractivity contribution is -0.131. The van der Waals surface area contributed by atoms with Gasteiger partial charge in [-0.3, -0.25) is 4.79 Å². The number of anilines is 1. The lowest BCUT2D eigenvalue weighted by atomic mass is 10.0. The molecule has 1 heterocycles. The van der Waals surface area contributed by atoms with E-state index in [9.17, 15) is 9.59 Å². The summed E-state index contributed by atoms with van der Waals surface area (Å²) in [6, 6.07) is 5.57. The second kappa shape index (κ2) is 5.77. The number of carbonyl (C=O) groups is 2. The van der Waals surface area contributed by atoms with Crippen molar-refractivity contribution >= 4 is 23.6 Å². The summed E-state index contributed by atoms with van der Waals surface area (Å²) in [4.78, 5) is 24.5. The molecule has 0 bridgehead atoms. The van der Waals surface area contributed by atoms with Crippen LogP contribution in [0.1, 0.15) is 18.1 Å². The van der Waals surface area contributed by atoms with Crippen LogP contribution in [-0.4, -0.2) is 36.1 Å². The van der Waals surface area contributed by atoms with Crippen LogP contribution in [0, 0.1) is 6.92 Å². The molecule has 106 valence electrons. The van der Waals surface area contributed by atoms with Crippen molar-refractivity contribution in [2.75, 3.05) is 18.0 Å². The van der Waals surface area contributed by atoms with Gasteiger partial charge in [-0.25, -0.2) is 4.79 Å². The molecule has 1 aromatic carbocycles. The summed E-state index contributed by atoms with van der Waals surface area (Å²) in [5.41, 5.74) is 2.75. The summed E-state index contributed by atoms with van der Waals surface area (Å²) in [5.74, 6) is -0.994. The van der Waals surface area contributed by atoms with Crippen LogP contribution in [0.3, 0.4) is 0 Å². The number of hydrogen-bond acceptors (Lipinski definition) is 3. The monoisotopic (exact) mass is 274 g/mol. The van der Waals surface area contributed by atoms with Crippen LogP contribution in [-0.2, 0) is 9.59 Å². The number of piperazine rings is 1. The van der Waals surface area contributed by atoms with Gasteiger partial charge in [0.2, 0.25) is 5.91 Å². The van der Waals surface area contributed by atoms with Crippen LogP contribution in [0.4, 0.5) is 5.69 Å². The molecule has 1 aromatic rings. The Morgan fingerprint density at radius 3 is 2.95 bits per heavy atom. The molecule has 1 saturated heterocycles. The van der Waals surface area contributed by atoms with E-state index < -0.39 is 5.97 Å². The molecule has 0 spiro atoms. The molecule has 1 aliphatic heterocycles. The second-order valence-electron chi connectivity index (χ2n) is 4.89. The first-order valence-electron chi connectivity index (χ1n) is 6.55. The van der Waals surface area contributed by atoms with E-state index in [0.29, 0.717) is 13.1 Å². The van der Waals surface area contributed by atoms with Crippen LogP contribution in [0.15, 0.2) is 24.3 Å². The number of rotatable bonds is 3. The highest BCUT2D eigenvalue weighted by atomic mass is 16.4. The van der Waals surface area contributed by atoms with Crippen molar-refractivity contribution in [2.24, 2.45) is 0 Å². The average molecular weight is 274 g/mol. The van der Waals surface area contributed by atoms with E-state index >= 15 is 0 Å². The zero-order valence-corrected chi connectivity index (χ0v) is 11.6. The Bertz CT molecular complexity index is 566. The van der Waals surface area contributed by atoms with E-state index in [1.807, 2.05) is 36.9 Å². The Morgan fingerprint density at radius 1 is 1.50 bits per heavy atom. The van der Waals surface area contributed by atoms with Crippen molar-refractivity contribution in [1.29, 1.82) is 0 Å². The first-order chi connectivity index (χ1) is 9.49. The first-order valence-corrected chi connectivity index (χ1v) is 6.55. The maximum absolute atomic E-state index is 11.8. The standard InChI is InChI=1S/C15H18N2O3/c1-10-3-5-13(12(9-10)4-6-14(18)19)17-8-7-16-15(20)11(17)2/h3-6,9,11H,7-8H2,1-2H3,(H,16,20)(H,18,19)/b6-4+. The fraction of sp³-hybridized carbons (Fsp3) is 0.333. The van der Waals surface area contributed by atoms with Gasteiger partial charge in [-0.05, 0) is 37.6 Å². The number of amides is 1. The van der Waals surface area contributed by atoms with Crippen molar-refractivity contribution in [3.63, 3.8) is 0 Å². The zero-order valence-electron chi connectivity index (χ0n) is 11.6. The van der Waals surface area contributed by atoms with Gasteiger partial charge in [0.15, 0.2) is 0 Å². The third-order valence-corrected chi connectivity index (χ3v) is 3.40. The Balaban J connectivity index is 2.39. The number of carboxylic acids is 1. The van der Waals surface area contributed by atoms with E-state index in [1.54, 1.807) is 6.08 Å². The maximum Gasteiger partial charge on any atom is 0.328 e. The predicted octanol–water partition coefficient (Wildman–Crippen LogP) is 1.42. The van der Waals surface area contributed by atoms with Crippen LogP contribution in [0.25, 0.3) is 6.08 Å². The van der Waals surface area contributed by atoms with Crippen molar-refractivity contribution in [1.82, 2.24) is 5.32 Å². The molecule has 2 N–H and O–H groups in total. The molecule has 2 rings (SSSR count). The van der Waals surface area contributed by atoms with Crippen LogP contribution < -0.4 is 10.2 Å². The molecule has 1 unspecified atom stereocenters. The first kappa shape index (κ1) is 14.1. The Kier molecular flexibility index (Phi) is 4.08. The molecule has 0 radical (unpaired) electrons. The highest BCUT2D eigenvalue weighted by molar-refractivity contribution is 5.89. The smallest absolute Gasteiger partial charge is 0.328 e. The van der Waals surface area contributed by atoms with Crippen molar-refractivity contribution in [3.8, 4) is 0 Å². The SMILES string of the molecule is Cc1ccc(N2CCNC(=O)C2C)c(/C=C/C(=O)O)c1. The van der Waals surface area contributed by atoms with Gasteiger partial charge < -0.3 is 15.3 Å².